The minimum absolute atomic E-state index is 0. The summed E-state index contributed by atoms with van der Waals surface area (Å²) in [6, 6.07) is 12.9. The average Bonchev–Trinajstić information content (AvgIpc) is 3.24. The monoisotopic (exact) mass is 566 g/mol. The largest absolute Gasteiger partial charge is 0.367 e. The Morgan fingerprint density at radius 3 is 2.61 bits per heavy atom. The Labute approximate surface area is 211 Å². The molecule has 1 aromatic carbocycles. The summed E-state index contributed by atoms with van der Waals surface area (Å²) in [7, 11) is 0. The van der Waals surface area contributed by atoms with E-state index >= 15 is 0 Å². The SMILES string of the molecule is CCNC(=NCc1nnc2ccccn12)NCCCN1CCN(c2ccccc2F)CC1.I. The second-order valence-electron chi connectivity index (χ2n) is 7.80. The molecule has 1 aliphatic rings. The standard InChI is InChI=1S/C23H31FN8.HI/c1-2-25-23(27-18-22-29-28-21-10-5-6-13-32(21)22)26-11-7-12-30-14-16-31(17-15-30)20-9-4-3-8-19(20)24;/h3-6,8-10,13H,2,7,11-12,14-18H2,1H3,(H2,25,26,27);1H. The average molecular weight is 566 g/mol. The highest BCUT2D eigenvalue weighted by molar-refractivity contribution is 14.0. The van der Waals surface area contributed by atoms with Crippen molar-refractivity contribution in [3.63, 3.8) is 0 Å². The van der Waals surface area contributed by atoms with Gasteiger partial charge in [-0.15, -0.1) is 34.2 Å². The van der Waals surface area contributed by atoms with Crippen LogP contribution in [0, 0.1) is 5.82 Å². The summed E-state index contributed by atoms with van der Waals surface area (Å²) >= 11 is 0. The molecule has 2 aromatic heterocycles. The van der Waals surface area contributed by atoms with Crippen molar-refractivity contribution >= 4 is 41.3 Å². The topological polar surface area (TPSA) is 73.1 Å². The number of benzene rings is 1. The first kappa shape index (κ1) is 25.2. The molecule has 1 aliphatic heterocycles. The lowest BCUT2D eigenvalue weighted by Gasteiger charge is -2.36. The van der Waals surface area contributed by atoms with E-state index in [0.717, 1.165) is 69.7 Å². The summed E-state index contributed by atoms with van der Waals surface area (Å²) in [5.41, 5.74) is 1.53. The van der Waals surface area contributed by atoms with Crippen molar-refractivity contribution in [2.75, 3.05) is 50.7 Å². The molecule has 33 heavy (non-hydrogen) atoms. The highest BCUT2D eigenvalue weighted by Gasteiger charge is 2.18. The molecule has 0 saturated carbocycles. The van der Waals surface area contributed by atoms with Crippen LogP contribution < -0.4 is 15.5 Å². The van der Waals surface area contributed by atoms with Gasteiger partial charge < -0.3 is 15.5 Å². The van der Waals surface area contributed by atoms with Crippen LogP contribution in [0.25, 0.3) is 5.65 Å². The molecule has 1 saturated heterocycles. The van der Waals surface area contributed by atoms with Gasteiger partial charge in [-0.2, -0.15) is 0 Å². The van der Waals surface area contributed by atoms with Gasteiger partial charge in [0, 0.05) is 45.5 Å². The zero-order chi connectivity index (χ0) is 22.2. The highest BCUT2D eigenvalue weighted by atomic mass is 127. The Bertz CT molecular complexity index is 1030. The van der Waals surface area contributed by atoms with Crippen LogP contribution in [0.2, 0.25) is 0 Å². The van der Waals surface area contributed by atoms with E-state index in [1.807, 2.05) is 40.9 Å². The number of para-hydroxylation sites is 1. The molecule has 10 heteroatoms. The quantitative estimate of drug-likeness (QED) is 0.189. The Morgan fingerprint density at radius 1 is 1.03 bits per heavy atom. The summed E-state index contributed by atoms with van der Waals surface area (Å²) < 4.78 is 16.0. The number of anilines is 1. The number of piperazine rings is 1. The molecule has 0 unspecified atom stereocenters. The number of aromatic nitrogens is 3. The number of nitrogens with zero attached hydrogens (tertiary/aromatic N) is 6. The Kier molecular flexibility index (Phi) is 9.67. The van der Waals surface area contributed by atoms with Gasteiger partial charge in [0.25, 0.3) is 0 Å². The fourth-order valence-corrected chi connectivity index (χ4v) is 3.92. The normalized spacial score (nSPS) is 14.8. The molecule has 4 rings (SSSR count). The number of hydrogen-bond donors (Lipinski definition) is 2. The third-order valence-corrected chi connectivity index (χ3v) is 5.62. The summed E-state index contributed by atoms with van der Waals surface area (Å²) in [4.78, 5) is 9.23. The van der Waals surface area contributed by atoms with E-state index in [1.54, 1.807) is 6.07 Å². The zero-order valence-corrected chi connectivity index (χ0v) is 21.3. The van der Waals surface area contributed by atoms with Crippen molar-refractivity contribution in [2.24, 2.45) is 4.99 Å². The maximum absolute atomic E-state index is 14.0. The van der Waals surface area contributed by atoms with E-state index in [4.69, 9.17) is 0 Å². The number of rotatable bonds is 8. The summed E-state index contributed by atoms with van der Waals surface area (Å²) in [5.74, 6) is 1.45. The van der Waals surface area contributed by atoms with Crippen LogP contribution in [-0.2, 0) is 6.54 Å². The lowest BCUT2D eigenvalue weighted by molar-refractivity contribution is 0.254. The third-order valence-electron chi connectivity index (χ3n) is 5.62. The predicted octanol–water partition coefficient (Wildman–Crippen LogP) is 2.75. The molecule has 3 heterocycles. The molecule has 0 spiro atoms. The molecule has 178 valence electrons. The number of hydrogen-bond acceptors (Lipinski definition) is 5. The van der Waals surface area contributed by atoms with Crippen LogP contribution in [0.5, 0.6) is 0 Å². The fourth-order valence-electron chi connectivity index (χ4n) is 3.92. The smallest absolute Gasteiger partial charge is 0.191 e. The van der Waals surface area contributed by atoms with E-state index in [1.165, 1.54) is 6.07 Å². The molecule has 0 aliphatic carbocycles. The minimum Gasteiger partial charge on any atom is -0.367 e. The zero-order valence-electron chi connectivity index (χ0n) is 19.0. The number of guanidine groups is 1. The number of aliphatic imine (C=N–C) groups is 1. The van der Waals surface area contributed by atoms with Crippen LogP contribution in [0.1, 0.15) is 19.2 Å². The second-order valence-corrected chi connectivity index (χ2v) is 7.80. The van der Waals surface area contributed by atoms with E-state index in [-0.39, 0.29) is 29.8 Å². The van der Waals surface area contributed by atoms with Gasteiger partial charge in [-0.25, -0.2) is 9.38 Å². The van der Waals surface area contributed by atoms with Crippen LogP contribution in [0.3, 0.4) is 0 Å². The van der Waals surface area contributed by atoms with Gasteiger partial charge in [0.2, 0.25) is 0 Å². The number of nitrogens with one attached hydrogen (secondary N) is 2. The Morgan fingerprint density at radius 2 is 1.82 bits per heavy atom. The van der Waals surface area contributed by atoms with Crippen LogP contribution in [0.4, 0.5) is 10.1 Å². The molecule has 0 bridgehead atoms. The lowest BCUT2D eigenvalue weighted by atomic mass is 10.2. The fraction of sp³-hybridized carbons (Fsp3) is 0.435. The van der Waals surface area contributed by atoms with Gasteiger partial charge in [-0.1, -0.05) is 18.2 Å². The molecule has 0 atom stereocenters. The number of halogens is 2. The van der Waals surface area contributed by atoms with Crippen LogP contribution in [-0.4, -0.2) is 71.3 Å². The van der Waals surface area contributed by atoms with Gasteiger partial charge in [-0.3, -0.25) is 9.30 Å². The molecular weight excluding hydrogens is 534 g/mol. The van der Waals surface area contributed by atoms with E-state index < -0.39 is 0 Å². The van der Waals surface area contributed by atoms with E-state index in [2.05, 4.69) is 42.5 Å². The van der Waals surface area contributed by atoms with E-state index in [9.17, 15) is 4.39 Å². The van der Waals surface area contributed by atoms with E-state index in [0.29, 0.717) is 12.2 Å². The molecule has 8 nitrogen and oxygen atoms in total. The second kappa shape index (κ2) is 12.7. The molecule has 2 N–H and O–H groups in total. The number of pyridine rings is 1. The van der Waals surface area contributed by atoms with Crippen molar-refractivity contribution < 1.29 is 4.39 Å². The van der Waals surface area contributed by atoms with Gasteiger partial charge in [0.05, 0.1) is 5.69 Å². The maximum Gasteiger partial charge on any atom is 0.191 e. The molecule has 0 amide bonds. The summed E-state index contributed by atoms with van der Waals surface area (Å²) in [6.45, 7) is 8.74. The molecule has 1 fully saturated rings. The van der Waals surface area contributed by atoms with Crippen molar-refractivity contribution in [3.8, 4) is 0 Å². The maximum atomic E-state index is 14.0. The summed E-state index contributed by atoms with van der Waals surface area (Å²) in [6.07, 6.45) is 2.96. The Hall–Kier alpha value is -2.47. The first-order chi connectivity index (χ1) is 15.7. The molecule has 3 aromatic rings. The van der Waals surface area contributed by atoms with Crippen molar-refractivity contribution in [2.45, 2.75) is 19.9 Å². The van der Waals surface area contributed by atoms with Gasteiger partial charge in [-0.05, 0) is 44.2 Å². The van der Waals surface area contributed by atoms with Crippen molar-refractivity contribution in [1.29, 1.82) is 0 Å². The lowest BCUT2D eigenvalue weighted by Crippen LogP contribution is -2.47. The molecular formula is C23H32FIN8. The highest BCUT2D eigenvalue weighted by Crippen LogP contribution is 2.20. The first-order valence-electron chi connectivity index (χ1n) is 11.3. The van der Waals surface area contributed by atoms with Gasteiger partial charge >= 0.3 is 0 Å². The first-order valence-corrected chi connectivity index (χ1v) is 11.3. The van der Waals surface area contributed by atoms with Gasteiger partial charge in [0.1, 0.15) is 12.4 Å². The van der Waals surface area contributed by atoms with Crippen LogP contribution >= 0.6 is 24.0 Å². The van der Waals surface area contributed by atoms with Gasteiger partial charge in [0.15, 0.2) is 17.4 Å². The number of fused-ring (bicyclic) bond motifs is 1. The third kappa shape index (κ3) is 6.76. The van der Waals surface area contributed by atoms with Crippen LogP contribution in [0.15, 0.2) is 53.7 Å². The van der Waals surface area contributed by atoms with Crippen molar-refractivity contribution in [3.05, 3.63) is 60.3 Å². The molecule has 0 radical (unpaired) electrons. The Balaban J connectivity index is 0.00000306. The summed E-state index contributed by atoms with van der Waals surface area (Å²) in [5, 5.41) is 15.1. The minimum atomic E-state index is -0.139. The van der Waals surface area contributed by atoms with Crippen molar-refractivity contribution in [1.82, 2.24) is 30.1 Å². The predicted molar refractivity (Wildman–Crippen MR) is 141 cm³/mol.